The van der Waals surface area contributed by atoms with E-state index in [-0.39, 0.29) is 11.2 Å². The van der Waals surface area contributed by atoms with Crippen molar-refractivity contribution in [1.82, 2.24) is 4.90 Å². The minimum Gasteiger partial charge on any atom is -0.504 e. The number of ether oxygens (including phenoxy) is 1. The maximum Gasteiger partial charge on any atom is 0.166 e. The Bertz CT molecular complexity index is 1080. The summed E-state index contributed by atoms with van der Waals surface area (Å²) in [5.74, 6) is 0.886. The van der Waals surface area contributed by atoms with Crippen molar-refractivity contribution < 1.29 is 9.84 Å². The zero-order valence-electron chi connectivity index (χ0n) is 20.6. The first-order chi connectivity index (χ1) is 16.2. The molecule has 3 rings (SSSR count). The van der Waals surface area contributed by atoms with Gasteiger partial charge < -0.3 is 20.5 Å². The first kappa shape index (κ1) is 25.6. The number of phenols is 1. The molecule has 1 atom stereocenters. The van der Waals surface area contributed by atoms with E-state index < -0.39 is 0 Å². The van der Waals surface area contributed by atoms with Crippen LogP contribution in [0.5, 0.6) is 11.5 Å². The number of nitrogens with two attached hydrogens (primary N) is 1. The highest BCUT2D eigenvalue weighted by Crippen LogP contribution is 2.28. The fourth-order valence-electron chi connectivity index (χ4n) is 4.21. The zero-order valence-corrected chi connectivity index (χ0v) is 21.4. The van der Waals surface area contributed by atoms with Crippen LogP contribution in [-0.2, 0) is 24.8 Å². The van der Waals surface area contributed by atoms with Crippen molar-refractivity contribution in [1.29, 1.82) is 0 Å². The van der Waals surface area contributed by atoms with E-state index in [0.29, 0.717) is 23.3 Å². The number of hydrogen-bond acceptors (Lipinski definition) is 3. The van der Waals surface area contributed by atoms with Crippen LogP contribution in [0.15, 0.2) is 72.8 Å². The largest absolute Gasteiger partial charge is 0.504 e. The summed E-state index contributed by atoms with van der Waals surface area (Å²) in [6.45, 7) is 7.99. The molecule has 0 aromatic heterocycles. The number of rotatable bonds is 9. The van der Waals surface area contributed by atoms with Crippen LogP contribution in [0.3, 0.4) is 0 Å². The quantitative estimate of drug-likeness (QED) is 0.380. The maximum absolute atomic E-state index is 9.93. The van der Waals surface area contributed by atoms with Gasteiger partial charge in [-0.2, -0.15) is 0 Å². The molecule has 0 saturated carbocycles. The molecule has 0 heterocycles. The van der Waals surface area contributed by atoms with Crippen LogP contribution in [0.25, 0.3) is 0 Å². The van der Waals surface area contributed by atoms with Crippen LogP contribution in [0.1, 0.15) is 43.0 Å². The summed E-state index contributed by atoms with van der Waals surface area (Å²) < 4.78 is 5.27. The van der Waals surface area contributed by atoms with E-state index in [1.807, 2.05) is 23.1 Å². The van der Waals surface area contributed by atoms with Gasteiger partial charge >= 0.3 is 0 Å². The number of hydrogen-bond donors (Lipinski definition) is 2. The van der Waals surface area contributed by atoms with Gasteiger partial charge in [0.25, 0.3) is 0 Å². The molecule has 34 heavy (non-hydrogen) atoms. The van der Waals surface area contributed by atoms with Gasteiger partial charge in [-0.15, -0.1) is 0 Å². The first-order valence-electron chi connectivity index (χ1n) is 11.7. The van der Waals surface area contributed by atoms with Gasteiger partial charge in [0, 0.05) is 13.1 Å². The molecule has 0 saturated heterocycles. The van der Waals surface area contributed by atoms with Gasteiger partial charge in [-0.1, -0.05) is 81.4 Å². The topological polar surface area (TPSA) is 58.7 Å². The highest BCUT2D eigenvalue weighted by molar-refractivity contribution is 7.80. The summed E-state index contributed by atoms with van der Waals surface area (Å²) in [6.07, 6.45) is 1.86. The molecule has 180 valence electrons. The zero-order chi connectivity index (χ0) is 24.7. The molecule has 0 aliphatic rings. The number of aromatic hydroxyl groups is 1. The van der Waals surface area contributed by atoms with E-state index in [9.17, 15) is 5.11 Å². The van der Waals surface area contributed by atoms with Gasteiger partial charge in [0.2, 0.25) is 0 Å². The molecule has 0 radical (unpaired) electrons. The molecule has 0 bridgehead atoms. The molecular formula is C29H36N2O2S. The normalized spacial score (nSPS) is 12.2. The number of thiocarbonyl (C=S) groups is 1. The van der Waals surface area contributed by atoms with E-state index in [1.54, 1.807) is 13.2 Å². The molecule has 4 nitrogen and oxygen atoms in total. The molecule has 5 heteroatoms. The van der Waals surface area contributed by atoms with Crippen molar-refractivity contribution in [3.05, 3.63) is 95.1 Å². The minimum absolute atomic E-state index is 0.119. The fraction of sp³-hybridized carbons (Fsp3) is 0.345. The standard InChI is InChI=1S/C29H36N2O2S/c1-29(2,3)25-13-10-22(11-14-25)17-24(16-21-8-6-5-7-9-21)20-31(28(30)34)19-23-12-15-26(32)27(18-23)33-4/h5-15,18,24,32H,16-17,19-20H2,1-4H3,(H2,30,34). The van der Waals surface area contributed by atoms with E-state index >= 15 is 0 Å². The van der Waals surface area contributed by atoms with Crippen LogP contribution in [-0.4, -0.2) is 28.8 Å². The van der Waals surface area contributed by atoms with Crippen LogP contribution >= 0.6 is 12.2 Å². The Labute approximate surface area is 209 Å². The van der Waals surface area contributed by atoms with Gasteiger partial charge in [0.05, 0.1) is 7.11 Å². The minimum atomic E-state index is 0.119. The molecule has 1 unspecified atom stereocenters. The number of nitrogens with zero attached hydrogens (tertiary/aromatic N) is 1. The lowest BCUT2D eigenvalue weighted by atomic mass is 9.85. The fourth-order valence-corrected chi connectivity index (χ4v) is 4.35. The predicted octanol–water partition coefficient (Wildman–Crippen LogP) is 5.85. The summed E-state index contributed by atoms with van der Waals surface area (Å²) in [5, 5.41) is 10.3. The van der Waals surface area contributed by atoms with Gasteiger partial charge in [0.15, 0.2) is 16.6 Å². The Hall–Kier alpha value is -3.05. The summed E-state index contributed by atoms with van der Waals surface area (Å²) in [4.78, 5) is 2.04. The number of phenolic OH excluding ortho intramolecular Hbond substituents is 1. The van der Waals surface area contributed by atoms with Crippen molar-refractivity contribution >= 4 is 17.3 Å². The Balaban J connectivity index is 1.81. The van der Waals surface area contributed by atoms with E-state index in [4.69, 9.17) is 22.7 Å². The highest BCUT2D eigenvalue weighted by atomic mass is 32.1. The summed E-state index contributed by atoms with van der Waals surface area (Å²) in [7, 11) is 1.55. The SMILES string of the molecule is COc1cc(CN(CC(Cc2ccccc2)Cc2ccc(C(C)(C)C)cc2)C(N)=S)ccc1O. The third kappa shape index (κ3) is 7.22. The van der Waals surface area contributed by atoms with Crippen LogP contribution in [0.2, 0.25) is 0 Å². The second-order valence-corrected chi connectivity index (χ2v) is 10.4. The predicted molar refractivity (Wildman–Crippen MR) is 144 cm³/mol. The Morgan fingerprint density at radius 3 is 2.09 bits per heavy atom. The highest BCUT2D eigenvalue weighted by Gasteiger charge is 2.19. The van der Waals surface area contributed by atoms with Gasteiger partial charge in [-0.05, 0) is 70.8 Å². The smallest absolute Gasteiger partial charge is 0.166 e. The van der Waals surface area contributed by atoms with Crippen molar-refractivity contribution in [2.24, 2.45) is 11.7 Å². The molecule has 0 aliphatic heterocycles. The Kier molecular flexibility index (Phi) is 8.56. The number of benzene rings is 3. The van der Waals surface area contributed by atoms with Crippen molar-refractivity contribution in [2.45, 2.75) is 45.6 Å². The summed E-state index contributed by atoms with van der Waals surface area (Å²) in [6, 6.07) is 24.9. The summed E-state index contributed by atoms with van der Waals surface area (Å²) >= 11 is 5.43. The van der Waals surface area contributed by atoms with Crippen LogP contribution < -0.4 is 10.5 Å². The molecule has 0 fully saturated rings. The molecule has 0 amide bonds. The molecule has 3 aromatic rings. The third-order valence-electron chi connectivity index (χ3n) is 6.12. The number of methoxy groups -OCH3 is 1. The average molecular weight is 477 g/mol. The van der Waals surface area contributed by atoms with Crippen molar-refractivity contribution in [3.8, 4) is 11.5 Å². The van der Waals surface area contributed by atoms with Gasteiger partial charge in [0.1, 0.15) is 0 Å². The lowest BCUT2D eigenvalue weighted by molar-refractivity contribution is 0.327. The maximum atomic E-state index is 9.93. The Morgan fingerprint density at radius 1 is 0.941 bits per heavy atom. The lowest BCUT2D eigenvalue weighted by Gasteiger charge is -2.29. The molecule has 3 N–H and O–H groups in total. The molecular weight excluding hydrogens is 440 g/mol. The van der Waals surface area contributed by atoms with Crippen molar-refractivity contribution in [2.75, 3.05) is 13.7 Å². The third-order valence-corrected chi connectivity index (χ3v) is 6.38. The van der Waals surface area contributed by atoms with Gasteiger partial charge in [-0.3, -0.25) is 0 Å². The molecule has 0 aliphatic carbocycles. The van der Waals surface area contributed by atoms with E-state index in [2.05, 4.69) is 69.3 Å². The van der Waals surface area contributed by atoms with E-state index in [0.717, 1.165) is 24.9 Å². The van der Waals surface area contributed by atoms with Crippen LogP contribution in [0, 0.1) is 5.92 Å². The summed E-state index contributed by atoms with van der Waals surface area (Å²) in [5.41, 5.74) is 11.2. The lowest BCUT2D eigenvalue weighted by Crippen LogP contribution is -2.39. The van der Waals surface area contributed by atoms with E-state index in [1.165, 1.54) is 16.7 Å². The van der Waals surface area contributed by atoms with Crippen molar-refractivity contribution in [3.63, 3.8) is 0 Å². The van der Waals surface area contributed by atoms with Gasteiger partial charge in [-0.25, -0.2) is 0 Å². The molecule has 0 spiro atoms. The monoisotopic (exact) mass is 476 g/mol. The second-order valence-electron chi connectivity index (χ2n) is 9.93. The Morgan fingerprint density at radius 2 is 1.53 bits per heavy atom. The molecule has 3 aromatic carbocycles. The second kappa shape index (κ2) is 11.4. The van der Waals surface area contributed by atoms with Crippen LogP contribution in [0.4, 0.5) is 0 Å². The first-order valence-corrected chi connectivity index (χ1v) is 12.1. The average Bonchev–Trinajstić information content (AvgIpc) is 2.80.